The number of carbonyl (C=O) groups excluding carboxylic acids is 2. The number of anilines is 2. The van der Waals surface area contributed by atoms with E-state index in [0.717, 1.165) is 6.07 Å². The number of halogens is 2. The molecule has 11 heteroatoms. The molecule has 28 heavy (non-hydrogen) atoms. The highest BCUT2D eigenvalue weighted by Gasteiger charge is 2.23. The molecule has 1 aromatic heterocycles. The Bertz CT molecular complexity index is 924. The average Bonchev–Trinajstić information content (AvgIpc) is 2.68. The van der Waals surface area contributed by atoms with Gasteiger partial charge >= 0.3 is 0 Å². The van der Waals surface area contributed by atoms with Crippen LogP contribution >= 0.6 is 23.4 Å². The van der Waals surface area contributed by atoms with Crippen LogP contribution in [0.3, 0.4) is 0 Å². The fourth-order valence-corrected chi connectivity index (χ4v) is 3.33. The lowest BCUT2D eigenvalue weighted by molar-refractivity contribution is 0.0300. The Kier molecular flexibility index (Phi) is 6.32. The first kappa shape index (κ1) is 20.3. The number of ether oxygens (including phenoxy) is 1. The van der Waals surface area contributed by atoms with Crippen LogP contribution in [0.25, 0.3) is 0 Å². The van der Waals surface area contributed by atoms with Gasteiger partial charge in [0, 0.05) is 18.8 Å². The number of benzene rings is 1. The molecule has 0 atom stereocenters. The number of hydrogen-bond donors (Lipinski definition) is 2. The predicted molar refractivity (Wildman–Crippen MR) is 104 cm³/mol. The molecule has 0 saturated carbocycles. The molecule has 3 N–H and O–H groups in total. The van der Waals surface area contributed by atoms with Crippen molar-refractivity contribution in [2.75, 3.05) is 37.9 Å². The minimum Gasteiger partial charge on any atom is -0.378 e. The number of hydrogen-bond acceptors (Lipinski definition) is 7. The van der Waals surface area contributed by atoms with Crippen molar-refractivity contribution >= 4 is 46.7 Å². The lowest BCUT2D eigenvalue weighted by atomic mass is 10.1. The predicted octanol–water partition coefficient (Wildman–Crippen LogP) is 2.31. The van der Waals surface area contributed by atoms with Gasteiger partial charge in [-0.2, -0.15) is 0 Å². The van der Waals surface area contributed by atoms with E-state index in [1.807, 2.05) is 0 Å². The van der Waals surface area contributed by atoms with E-state index in [4.69, 9.17) is 22.1 Å². The summed E-state index contributed by atoms with van der Waals surface area (Å²) < 4.78 is 19.5. The zero-order chi connectivity index (χ0) is 20.3. The van der Waals surface area contributed by atoms with E-state index in [-0.39, 0.29) is 22.1 Å². The number of primary amides is 1. The molecule has 1 saturated heterocycles. The van der Waals surface area contributed by atoms with Gasteiger partial charge in [-0.1, -0.05) is 23.4 Å². The van der Waals surface area contributed by atoms with Crippen LogP contribution in [0.2, 0.25) is 5.15 Å². The van der Waals surface area contributed by atoms with Gasteiger partial charge in [-0.15, -0.1) is 0 Å². The normalized spacial score (nSPS) is 14.0. The lowest BCUT2D eigenvalue weighted by Crippen LogP contribution is -2.41. The Morgan fingerprint density at radius 1 is 1.32 bits per heavy atom. The summed E-state index contributed by atoms with van der Waals surface area (Å²) in [6.45, 7) is 1.59. The number of aromatic nitrogens is 2. The highest BCUT2D eigenvalue weighted by molar-refractivity contribution is 7.98. The molecule has 0 radical (unpaired) electrons. The van der Waals surface area contributed by atoms with Crippen molar-refractivity contribution < 1.29 is 18.7 Å². The minimum absolute atomic E-state index is 0.0771. The van der Waals surface area contributed by atoms with E-state index in [9.17, 15) is 14.0 Å². The number of rotatable bonds is 5. The van der Waals surface area contributed by atoms with Crippen molar-refractivity contribution in [3.8, 4) is 0 Å². The van der Waals surface area contributed by atoms with Crippen molar-refractivity contribution in [1.29, 1.82) is 0 Å². The molecule has 1 aliphatic rings. The van der Waals surface area contributed by atoms with Gasteiger partial charge in [-0.25, -0.2) is 14.4 Å². The van der Waals surface area contributed by atoms with Crippen molar-refractivity contribution in [3.05, 3.63) is 40.3 Å². The first-order valence-corrected chi connectivity index (χ1v) is 9.86. The van der Waals surface area contributed by atoms with Crippen molar-refractivity contribution in [3.63, 3.8) is 0 Å². The molecule has 148 valence electrons. The first-order chi connectivity index (χ1) is 13.4. The summed E-state index contributed by atoms with van der Waals surface area (Å²) in [6, 6.07) is 3.94. The van der Waals surface area contributed by atoms with Crippen LogP contribution in [0.15, 0.2) is 23.4 Å². The zero-order valence-corrected chi connectivity index (χ0v) is 16.4. The third-order valence-corrected chi connectivity index (χ3v) is 4.85. The Labute approximate surface area is 169 Å². The maximum atomic E-state index is 14.3. The SMILES string of the molecule is CSc1nc(Cl)c(C(N)=O)c(Nc2ccc(F)c(C(=O)N3CCOCC3)c2)n1. The Morgan fingerprint density at radius 3 is 2.68 bits per heavy atom. The van der Waals surface area contributed by atoms with E-state index in [1.54, 1.807) is 6.26 Å². The smallest absolute Gasteiger partial charge is 0.257 e. The Hall–Kier alpha value is -2.43. The maximum Gasteiger partial charge on any atom is 0.257 e. The van der Waals surface area contributed by atoms with E-state index in [1.165, 1.54) is 28.8 Å². The third kappa shape index (κ3) is 4.34. The van der Waals surface area contributed by atoms with E-state index in [2.05, 4.69) is 15.3 Å². The molecular formula is C17H17ClFN5O3S. The Morgan fingerprint density at radius 2 is 2.04 bits per heavy atom. The van der Waals surface area contributed by atoms with Crippen LogP contribution in [0, 0.1) is 5.82 Å². The van der Waals surface area contributed by atoms with Crippen LogP contribution in [0.1, 0.15) is 20.7 Å². The molecule has 0 aliphatic carbocycles. The summed E-state index contributed by atoms with van der Waals surface area (Å²) in [5.41, 5.74) is 5.53. The van der Waals surface area contributed by atoms with Gasteiger partial charge in [0.2, 0.25) is 0 Å². The zero-order valence-electron chi connectivity index (χ0n) is 14.9. The number of nitrogens with one attached hydrogen (secondary N) is 1. The molecule has 1 fully saturated rings. The van der Waals surface area contributed by atoms with Gasteiger partial charge < -0.3 is 20.7 Å². The number of morpholine rings is 1. The van der Waals surface area contributed by atoms with Crippen molar-refractivity contribution in [1.82, 2.24) is 14.9 Å². The highest BCUT2D eigenvalue weighted by Crippen LogP contribution is 2.27. The third-order valence-electron chi connectivity index (χ3n) is 4.03. The van der Waals surface area contributed by atoms with Crippen molar-refractivity contribution in [2.24, 2.45) is 5.73 Å². The molecule has 2 heterocycles. The topological polar surface area (TPSA) is 110 Å². The van der Waals surface area contributed by atoms with E-state index >= 15 is 0 Å². The molecule has 2 amide bonds. The standard InChI is InChI=1S/C17H17ClFN5O3S/c1-28-17-22-13(18)12(14(20)25)15(23-17)21-9-2-3-11(19)10(8-9)16(26)24-4-6-27-7-5-24/h2-3,8H,4-7H2,1H3,(H2,20,25)(H,21,22,23). The van der Waals surface area contributed by atoms with E-state index < -0.39 is 17.6 Å². The quantitative estimate of drug-likeness (QED) is 0.429. The van der Waals surface area contributed by atoms with Crippen LogP contribution < -0.4 is 11.1 Å². The summed E-state index contributed by atoms with van der Waals surface area (Å²) in [5, 5.41) is 3.11. The average molecular weight is 426 g/mol. The molecule has 8 nitrogen and oxygen atoms in total. The second-order valence-corrected chi connectivity index (χ2v) is 6.94. The Balaban J connectivity index is 1.94. The fraction of sp³-hybridized carbons (Fsp3) is 0.294. The maximum absolute atomic E-state index is 14.3. The number of amides is 2. The fourth-order valence-electron chi connectivity index (χ4n) is 2.65. The number of thioether (sulfide) groups is 1. The molecule has 3 rings (SSSR count). The molecular weight excluding hydrogens is 409 g/mol. The second-order valence-electron chi connectivity index (χ2n) is 5.81. The van der Waals surface area contributed by atoms with Gasteiger partial charge in [0.05, 0.1) is 18.8 Å². The molecule has 2 aromatic rings. The lowest BCUT2D eigenvalue weighted by Gasteiger charge is -2.27. The van der Waals surface area contributed by atoms with Gasteiger partial charge in [0.25, 0.3) is 11.8 Å². The van der Waals surface area contributed by atoms with Gasteiger partial charge in [-0.05, 0) is 24.5 Å². The molecule has 1 aliphatic heterocycles. The number of nitrogens with zero attached hydrogens (tertiary/aromatic N) is 3. The largest absolute Gasteiger partial charge is 0.378 e. The molecule has 0 spiro atoms. The van der Waals surface area contributed by atoms with Crippen LogP contribution in [-0.4, -0.2) is 59.2 Å². The number of carbonyl (C=O) groups is 2. The summed E-state index contributed by atoms with van der Waals surface area (Å²) in [7, 11) is 0. The monoisotopic (exact) mass is 425 g/mol. The minimum atomic E-state index is -0.813. The van der Waals surface area contributed by atoms with Crippen molar-refractivity contribution in [2.45, 2.75) is 5.16 Å². The van der Waals surface area contributed by atoms with Crippen LogP contribution in [-0.2, 0) is 4.74 Å². The molecule has 0 bridgehead atoms. The van der Waals surface area contributed by atoms with E-state index in [0.29, 0.717) is 37.1 Å². The summed E-state index contributed by atoms with van der Waals surface area (Å²) in [5.74, 6) is -1.83. The van der Waals surface area contributed by atoms with Gasteiger partial charge in [0.1, 0.15) is 22.4 Å². The molecule has 1 aromatic carbocycles. The summed E-state index contributed by atoms with van der Waals surface area (Å²) in [6.07, 6.45) is 1.75. The van der Waals surface area contributed by atoms with Crippen LogP contribution in [0.4, 0.5) is 15.9 Å². The van der Waals surface area contributed by atoms with Gasteiger partial charge in [-0.3, -0.25) is 9.59 Å². The molecule has 0 unspecified atom stereocenters. The first-order valence-electron chi connectivity index (χ1n) is 8.25. The highest BCUT2D eigenvalue weighted by atomic mass is 35.5. The summed E-state index contributed by atoms with van der Waals surface area (Å²) in [4.78, 5) is 34.1. The summed E-state index contributed by atoms with van der Waals surface area (Å²) >= 11 is 7.27. The van der Waals surface area contributed by atoms with Gasteiger partial charge in [0.15, 0.2) is 5.16 Å². The van der Waals surface area contributed by atoms with Crippen LogP contribution in [0.5, 0.6) is 0 Å². The second kappa shape index (κ2) is 8.72. The number of nitrogens with two attached hydrogens (primary N) is 1.